The van der Waals surface area contributed by atoms with Crippen LogP contribution in [0.25, 0.3) is 0 Å². The highest BCUT2D eigenvalue weighted by atomic mass is 16.6. The zero-order valence-electron chi connectivity index (χ0n) is 40.9. The first-order chi connectivity index (χ1) is 30.5. The Hall–Kier alpha value is -2.89. The molecule has 0 rings (SSSR count). The van der Waals surface area contributed by atoms with Gasteiger partial charge in [-0.25, -0.2) is 0 Å². The minimum atomic E-state index is -0.783. The highest BCUT2D eigenvalue weighted by Gasteiger charge is 2.19. The Balaban J connectivity index is 4.21. The van der Waals surface area contributed by atoms with Gasteiger partial charge in [0.15, 0.2) is 6.10 Å². The van der Waals surface area contributed by atoms with Gasteiger partial charge in [-0.15, -0.1) is 0 Å². The molecule has 62 heavy (non-hydrogen) atoms. The Labute approximate surface area is 383 Å². The van der Waals surface area contributed by atoms with Crippen LogP contribution in [0, 0.1) is 0 Å². The number of carbonyl (C=O) groups excluding carboxylic acids is 3. The maximum Gasteiger partial charge on any atom is 0.306 e. The average Bonchev–Trinajstić information content (AvgIpc) is 3.27. The van der Waals surface area contributed by atoms with Crippen LogP contribution >= 0.6 is 0 Å². The molecule has 0 aliphatic carbocycles. The summed E-state index contributed by atoms with van der Waals surface area (Å²) in [4.78, 5) is 37.8. The van der Waals surface area contributed by atoms with Gasteiger partial charge in [0.05, 0.1) is 0 Å². The summed E-state index contributed by atoms with van der Waals surface area (Å²) in [7, 11) is 0. The first-order valence-corrected chi connectivity index (χ1v) is 26.3. The Morgan fingerprint density at radius 2 is 0.629 bits per heavy atom. The predicted octanol–water partition coefficient (Wildman–Crippen LogP) is 17.3. The zero-order chi connectivity index (χ0) is 45.1. The highest BCUT2D eigenvalue weighted by molar-refractivity contribution is 5.71. The summed E-state index contributed by atoms with van der Waals surface area (Å²) in [6, 6.07) is 0. The van der Waals surface area contributed by atoms with Gasteiger partial charge in [-0.2, -0.15) is 0 Å². The first kappa shape index (κ1) is 59.1. The van der Waals surface area contributed by atoms with Crippen LogP contribution in [0.5, 0.6) is 0 Å². The van der Waals surface area contributed by atoms with Crippen molar-refractivity contribution in [1.29, 1.82) is 0 Å². The van der Waals surface area contributed by atoms with Gasteiger partial charge in [-0.1, -0.05) is 216 Å². The fraction of sp³-hybridized carbons (Fsp3) is 0.768. The third kappa shape index (κ3) is 48.1. The predicted molar refractivity (Wildman–Crippen MR) is 265 cm³/mol. The summed E-state index contributed by atoms with van der Waals surface area (Å²) < 4.78 is 16.7. The monoisotopic (exact) mass is 867 g/mol. The lowest BCUT2D eigenvalue weighted by Crippen LogP contribution is -2.30. The summed E-state index contributed by atoms with van der Waals surface area (Å²) in [5.41, 5.74) is 0. The van der Waals surface area contributed by atoms with Gasteiger partial charge in [0, 0.05) is 19.3 Å². The van der Waals surface area contributed by atoms with Crippen molar-refractivity contribution < 1.29 is 28.6 Å². The molecule has 0 bridgehead atoms. The van der Waals surface area contributed by atoms with Crippen LogP contribution in [-0.2, 0) is 28.6 Å². The summed E-state index contributed by atoms with van der Waals surface area (Å²) in [5.74, 6) is -0.916. The average molecular weight is 867 g/mol. The van der Waals surface area contributed by atoms with Crippen molar-refractivity contribution in [3.8, 4) is 0 Å². The summed E-state index contributed by atoms with van der Waals surface area (Å²) in [6.07, 6.45) is 62.4. The standard InChI is InChI=1S/C56H98O6/c1-4-7-10-13-16-18-20-22-24-26-27-28-29-31-32-34-36-38-40-43-46-49-55(58)61-52-53(51-60-54(57)48-45-42-15-12-9-6-3)62-56(59)50-47-44-41-39-37-35-33-30-25-23-21-19-17-14-11-8-5-2/h8,11,17,19,23,25-27,33,35,53H,4-7,9-10,12-16,18,20-22,24,28-32,34,36-52H2,1-3H3/b11-8-,19-17-,25-23-,27-26-,35-33-. The van der Waals surface area contributed by atoms with Crippen molar-refractivity contribution in [2.45, 2.75) is 264 Å². The normalized spacial score (nSPS) is 12.5. The van der Waals surface area contributed by atoms with Crippen LogP contribution in [0.2, 0.25) is 0 Å². The van der Waals surface area contributed by atoms with E-state index in [-0.39, 0.29) is 31.1 Å². The number of hydrogen-bond donors (Lipinski definition) is 0. The maximum atomic E-state index is 12.7. The number of unbranched alkanes of at least 4 members (excludes halogenated alkanes) is 26. The van der Waals surface area contributed by atoms with Gasteiger partial charge in [-0.3, -0.25) is 14.4 Å². The van der Waals surface area contributed by atoms with Crippen LogP contribution in [0.3, 0.4) is 0 Å². The maximum absolute atomic E-state index is 12.7. The zero-order valence-corrected chi connectivity index (χ0v) is 40.9. The van der Waals surface area contributed by atoms with Crippen molar-refractivity contribution in [2.75, 3.05) is 13.2 Å². The second kappa shape index (κ2) is 50.8. The van der Waals surface area contributed by atoms with Gasteiger partial charge in [-0.05, 0) is 83.5 Å². The van der Waals surface area contributed by atoms with Gasteiger partial charge in [0.1, 0.15) is 13.2 Å². The molecule has 1 unspecified atom stereocenters. The quantitative estimate of drug-likeness (QED) is 0.0262. The number of hydrogen-bond acceptors (Lipinski definition) is 6. The Morgan fingerprint density at radius 3 is 1.00 bits per heavy atom. The lowest BCUT2D eigenvalue weighted by molar-refractivity contribution is -0.167. The number of rotatable bonds is 47. The molecule has 0 fully saturated rings. The Morgan fingerprint density at radius 1 is 0.339 bits per heavy atom. The van der Waals surface area contributed by atoms with Crippen molar-refractivity contribution in [1.82, 2.24) is 0 Å². The minimum absolute atomic E-state index is 0.0845. The number of esters is 3. The summed E-state index contributed by atoms with van der Waals surface area (Å²) >= 11 is 0. The molecule has 0 saturated heterocycles. The van der Waals surface area contributed by atoms with Gasteiger partial charge < -0.3 is 14.2 Å². The molecule has 0 aromatic carbocycles. The molecule has 0 N–H and O–H groups in total. The molecule has 0 spiro atoms. The van der Waals surface area contributed by atoms with E-state index >= 15 is 0 Å². The van der Waals surface area contributed by atoms with Gasteiger partial charge in [0.25, 0.3) is 0 Å². The lowest BCUT2D eigenvalue weighted by atomic mass is 10.1. The van der Waals surface area contributed by atoms with Crippen LogP contribution in [0.4, 0.5) is 0 Å². The number of ether oxygens (including phenoxy) is 3. The highest BCUT2D eigenvalue weighted by Crippen LogP contribution is 2.15. The lowest BCUT2D eigenvalue weighted by Gasteiger charge is -2.18. The van der Waals surface area contributed by atoms with E-state index in [0.29, 0.717) is 19.3 Å². The molecule has 0 aliphatic rings. The van der Waals surface area contributed by atoms with E-state index in [9.17, 15) is 14.4 Å². The SMILES string of the molecule is CC/C=C\C/C=C\C/C=C\C/C=C\CCCCCCC(=O)OC(COC(=O)CCCCCCCC)COC(=O)CCCCCCCCCCC/C=C\CCCCCCCCCC. The Bertz CT molecular complexity index is 1130. The molecular formula is C56H98O6. The van der Waals surface area contributed by atoms with Gasteiger partial charge >= 0.3 is 17.9 Å². The molecule has 0 amide bonds. The van der Waals surface area contributed by atoms with Crippen LogP contribution in [0.1, 0.15) is 258 Å². The Kier molecular flexibility index (Phi) is 48.4. The van der Waals surface area contributed by atoms with Crippen LogP contribution < -0.4 is 0 Å². The van der Waals surface area contributed by atoms with Crippen LogP contribution in [-0.4, -0.2) is 37.2 Å². The second-order valence-corrected chi connectivity index (χ2v) is 17.4. The number of carbonyl (C=O) groups is 3. The molecule has 0 saturated carbocycles. The molecule has 358 valence electrons. The fourth-order valence-corrected chi connectivity index (χ4v) is 7.31. The largest absolute Gasteiger partial charge is 0.462 e. The van der Waals surface area contributed by atoms with Crippen molar-refractivity contribution in [3.63, 3.8) is 0 Å². The molecule has 6 heteroatoms. The second-order valence-electron chi connectivity index (χ2n) is 17.4. The van der Waals surface area contributed by atoms with Crippen molar-refractivity contribution >= 4 is 17.9 Å². The van der Waals surface area contributed by atoms with E-state index in [0.717, 1.165) is 96.3 Å². The topological polar surface area (TPSA) is 78.9 Å². The minimum Gasteiger partial charge on any atom is -0.462 e. The fourth-order valence-electron chi connectivity index (χ4n) is 7.31. The van der Waals surface area contributed by atoms with Crippen molar-refractivity contribution in [3.05, 3.63) is 60.8 Å². The molecule has 0 radical (unpaired) electrons. The van der Waals surface area contributed by atoms with E-state index in [1.807, 2.05) is 0 Å². The van der Waals surface area contributed by atoms with E-state index in [2.05, 4.69) is 81.5 Å². The molecule has 0 heterocycles. The van der Waals surface area contributed by atoms with E-state index < -0.39 is 6.10 Å². The van der Waals surface area contributed by atoms with E-state index in [1.54, 1.807) is 0 Å². The third-order valence-corrected chi connectivity index (χ3v) is 11.3. The number of allylic oxidation sites excluding steroid dienone is 10. The summed E-state index contributed by atoms with van der Waals surface area (Å²) in [5, 5.41) is 0. The van der Waals surface area contributed by atoms with Gasteiger partial charge in [0.2, 0.25) is 0 Å². The van der Waals surface area contributed by atoms with E-state index in [4.69, 9.17) is 14.2 Å². The molecule has 0 aromatic heterocycles. The molecule has 0 aliphatic heterocycles. The molecule has 1 atom stereocenters. The smallest absolute Gasteiger partial charge is 0.306 e. The molecule has 0 aromatic rings. The first-order valence-electron chi connectivity index (χ1n) is 26.3. The third-order valence-electron chi connectivity index (χ3n) is 11.3. The van der Waals surface area contributed by atoms with Crippen molar-refractivity contribution in [2.24, 2.45) is 0 Å². The molecule has 6 nitrogen and oxygen atoms in total. The molecular weight excluding hydrogens is 769 g/mol. The van der Waals surface area contributed by atoms with E-state index in [1.165, 1.54) is 122 Å². The summed E-state index contributed by atoms with van der Waals surface area (Å²) in [6.45, 7) is 6.45. The van der Waals surface area contributed by atoms with Crippen LogP contribution in [0.15, 0.2) is 60.8 Å².